The lowest BCUT2D eigenvalue weighted by atomic mass is 10.1. The molecule has 0 saturated heterocycles. The Morgan fingerprint density at radius 2 is 2.26 bits per heavy atom. The first-order chi connectivity index (χ1) is 9.20. The van der Waals surface area contributed by atoms with Crippen LogP contribution in [0.3, 0.4) is 0 Å². The molecule has 19 heavy (non-hydrogen) atoms. The van der Waals surface area contributed by atoms with Crippen LogP contribution in [0.25, 0.3) is 0 Å². The normalized spacial score (nSPS) is 11.5. The molecule has 0 aliphatic rings. The molecule has 0 spiro atoms. The number of nitrogens with two attached hydrogens (primary N) is 1. The summed E-state index contributed by atoms with van der Waals surface area (Å²) in [5, 5.41) is 12.1. The lowest BCUT2D eigenvalue weighted by Crippen LogP contribution is -2.13. The van der Waals surface area contributed by atoms with Gasteiger partial charge in [0.15, 0.2) is 5.84 Å². The van der Waals surface area contributed by atoms with Gasteiger partial charge in [0, 0.05) is 17.5 Å². The minimum absolute atomic E-state index is 0.117. The van der Waals surface area contributed by atoms with E-state index in [2.05, 4.69) is 15.1 Å². The van der Waals surface area contributed by atoms with Gasteiger partial charge in [0.25, 0.3) is 0 Å². The van der Waals surface area contributed by atoms with Crippen molar-refractivity contribution in [1.82, 2.24) is 9.97 Å². The van der Waals surface area contributed by atoms with Gasteiger partial charge in [-0.05, 0) is 17.7 Å². The zero-order valence-electron chi connectivity index (χ0n) is 9.82. The number of oxime groups is 1. The molecule has 0 aliphatic carbocycles. The third-order valence-corrected chi connectivity index (χ3v) is 3.38. The minimum atomic E-state index is -0.398. The molecule has 0 aliphatic heterocycles. The largest absolute Gasteiger partial charge is 0.409 e. The van der Waals surface area contributed by atoms with Crippen LogP contribution < -0.4 is 5.73 Å². The molecule has 1 aromatic heterocycles. The topological polar surface area (TPSA) is 84.4 Å². The summed E-state index contributed by atoms with van der Waals surface area (Å²) in [6.45, 7) is 0. The molecule has 0 unspecified atom stereocenters. The van der Waals surface area contributed by atoms with Crippen LogP contribution in [0.2, 0.25) is 0 Å². The van der Waals surface area contributed by atoms with Crippen molar-refractivity contribution in [2.45, 2.75) is 10.8 Å². The van der Waals surface area contributed by atoms with Gasteiger partial charge in [-0.15, -0.1) is 11.8 Å². The zero-order valence-corrected chi connectivity index (χ0v) is 10.6. The van der Waals surface area contributed by atoms with E-state index in [0.29, 0.717) is 16.9 Å². The van der Waals surface area contributed by atoms with E-state index in [1.165, 1.54) is 24.2 Å². The van der Waals surface area contributed by atoms with Gasteiger partial charge in [-0.1, -0.05) is 17.3 Å². The molecule has 0 saturated carbocycles. The molecule has 3 N–H and O–H groups in total. The number of halogens is 1. The lowest BCUT2D eigenvalue weighted by molar-refractivity contribution is 0.318. The predicted octanol–water partition coefficient (Wildman–Crippen LogP) is 2.00. The number of benzene rings is 1. The van der Waals surface area contributed by atoms with Crippen molar-refractivity contribution in [2.75, 3.05) is 0 Å². The summed E-state index contributed by atoms with van der Waals surface area (Å²) in [4.78, 5) is 7.85. The second kappa shape index (κ2) is 6.14. The smallest absolute Gasteiger partial charge is 0.170 e. The fraction of sp³-hybridized carbons (Fsp3) is 0.0833. The summed E-state index contributed by atoms with van der Waals surface area (Å²) in [6.07, 6.45) is 3.08. The molecule has 0 bridgehead atoms. The van der Waals surface area contributed by atoms with Gasteiger partial charge in [-0.3, -0.25) is 0 Å². The van der Waals surface area contributed by atoms with Crippen LogP contribution in [0.5, 0.6) is 0 Å². The second-order valence-corrected chi connectivity index (χ2v) is 4.62. The van der Waals surface area contributed by atoms with E-state index in [1.54, 1.807) is 24.4 Å². The number of rotatable bonds is 4. The van der Waals surface area contributed by atoms with Crippen molar-refractivity contribution in [3.63, 3.8) is 0 Å². The van der Waals surface area contributed by atoms with Crippen LogP contribution in [0.4, 0.5) is 4.39 Å². The molecule has 2 rings (SSSR count). The highest BCUT2D eigenvalue weighted by Gasteiger charge is 2.07. The van der Waals surface area contributed by atoms with E-state index in [4.69, 9.17) is 10.9 Å². The highest BCUT2D eigenvalue weighted by atomic mass is 32.2. The molecule has 0 amide bonds. The molecule has 0 atom stereocenters. The van der Waals surface area contributed by atoms with E-state index < -0.39 is 5.82 Å². The molecular formula is C12H11FN4OS. The average molecular weight is 278 g/mol. The summed E-state index contributed by atoms with van der Waals surface area (Å²) < 4.78 is 13.8. The molecule has 2 aromatic rings. The maximum absolute atomic E-state index is 13.8. The van der Waals surface area contributed by atoms with Gasteiger partial charge in [0.1, 0.15) is 12.1 Å². The monoisotopic (exact) mass is 278 g/mol. The van der Waals surface area contributed by atoms with Crippen molar-refractivity contribution in [3.8, 4) is 0 Å². The third-order valence-electron chi connectivity index (χ3n) is 2.39. The van der Waals surface area contributed by atoms with E-state index in [9.17, 15) is 4.39 Å². The first kappa shape index (κ1) is 13.3. The fourth-order valence-electron chi connectivity index (χ4n) is 1.40. The highest BCUT2D eigenvalue weighted by Crippen LogP contribution is 2.22. The molecule has 1 aromatic carbocycles. The highest BCUT2D eigenvalue weighted by molar-refractivity contribution is 7.98. The van der Waals surface area contributed by atoms with Crippen LogP contribution in [0.1, 0.15) is 11.1 Å². The van der Waals surface area contributed by atoms with Crippen molar-refractivity contribution < 1.29 is 9.60 Å². The van der Waals surface area contributed by atoms with Gasteiger partial charge in [0.05, 0.1) is 5.03 Å². The Morgan fingerprint density at radius 1 is 1.42 bits per heavy atom. The summed E-state index contributed by atoms with van der Waals surface area (Å²) in [5.74, 6) is -0.0705. The number of nitrogens with zero attached hydrogens (tertiary/aromatic N) is 3. The summed E-state index contributed by atoms with van der Waals surface area (Å²) in [7, 11) is 0. The van der Waals surface area contributed by atoms with Gasteiger partial charge in [-0.25, -0.2) is 14.4 Å². The third kappa shape index (κ3) is 3.41. The number of hydrogen-bond acceptors (Lipinski definition) is 5. The van der Waals surface area contributed by atoms with Crippen LogP contribution in [-0.4, -0.2) is 21.0 Å². The van der Waals surface area contributed by atoms with Gasteiger partial charge >= 0.3 is 0 Å². The fourth-order valence-corrected chi connectivity index (χ4v) is 2.21. The SMILES string of the molecule is NC(=NO)c1ccc(CSc2ccncn2)c(F)c1. The second-order valence-electron chi connectivity index (χ2n) is 3.63. The number of hydrogen-bond donors (Lipinski definition) is 2. The van der Waals surface area contributed by atoms with Gasteiger partial charge in [-0.2, -0.15) is 0 Å². The van der Waals surface area contributed by atoms with E-state index in [0.717, 1.165) is 5.03 Å². The summed E-state index contributed by atoms with van der Waals surface area (Å²) >= 11 is 1.41. The first-order valence-corrected chi connectivity index (χ1v) is 6.34. The Morgan fingerprint density at radius 3 is 2.89 bits per heavy atom. The van der Waals surface area contributed by atoms with Crippen molar-refractivity contribution in [3.05, 3.63) is 53.7 Å². The van der Waals surface area contributed by atoms with Crippen LogP contribution in [-0.2, 0) is 5.75 Å². The van der Waals surface area contributed by atoms with E-state index in [-0.39, 0.29) is 5.84 Å². The van der Waals surface area contributed by atoms with E-state index >= 15 is 0 Å². The molecule has 0 radical (unpaired) electrons. The number of amidine groups is 1. The molecular weight excluding hydrogens is 267 g/mol. The number of thioether (sulfide) groups is 1. The van der Waals surface area contributed by atoms with Crippen LogP contribution >= 0.6 is 11.8 Å². The quantitative estimate of drug-likeness (QED) is 0.223. The maximum Gasteiger partial charge on any atom is 0.170 e. The maximum atomic E-state index is 13.8. The van der Waals surface area contributed by atoms with Crippen molar-refractivity contribution in [1.29, 1.82) is 0 Å². The Bertz CT molecular complexity index is 592. The Balaban J connectivity index is 2.10. The zero-order chi connectivity index (χ0) is 13.7. The molecule has 1 heterocycles. The standard InChI is InChI=1S/C12H11FN4OS/c13-10-5-8(12(14)17-18)1-2-9(10)6-19-11-3-4-15-7-16-11/h1-5,7,18H,6H2,(H2,14,17). The van der Waals surface area contributed by atoms with Crippen LogP contribution in [0.15, 0.2) is 47.0 Å². The molecule has 7 heteroatoms. The first-order valence-electron chi connectivity index (χ1n) is 5.36. The van der Waals surface area contributed by atoms with E-state index in [1.807, 2.05) is 0 Å². The predicted molar refractivity (Wildman–Crippen MR) is 70.5 cm³/mol. The lowest BCUT2D eigenvalue weighted by Gasteiger charge is -2.05. The minimum Gasteiger partial charge on any atom is -0.409 e. The molecule has 0 fully saturated rings. The molecule has 98 valence electrons. The van der Waals surface area contributed by atoms with Gasteiger partial charge < -0.3 is 10.9 Å². The van der Waals surface area contributed by atoms with Crippen molar-refractivity contribution in [2.24, 2.45) is 10.9 Å². The van der Waals surface area contributed by atoms with Crippen LogP contribution in [0, 0.1) is 5.82 Å². The van der Waals surface area contributed by atoms with Gasteiger partial charge in [0.2, 0.25) is 0 Å². The summed E-state index contributed by atoms with van der Waals surface area (Å²) in [6, 6.07) is 6.21. The average Bonchev–Trinajstić information content (AvgIpc) is 2.46. The van der Waals surface area contributed by atoms with Crippen molar-refractivity contribution >= 4 is 17.6 Å². The Kier molecular flexibility index (Phi) is 4.30. The Labute approximate surface area is 113 Å². The summed E-state index contributed by atoms with van der Waals surface area (Å²) in [5.41, 5.74) is 6.26. The molecule has 5 nitrogen and oxygen atoms in total. The number of aromatic nitrogens is 2. The Hall–Kier alpha value is -2.15.